The molecule has 2 aliphatic rings. The van der Waals surface area contributed by atoms with Gasteiger partial charge < -0.3 is 19.6 Å². The minimum Gasteiger partial charge on any atom is -0.464 e. The number of rotatable bonds is 1. The Kier molecular flexibility index (Phi) is 3.15. The van der Waals surface area contributed by atoms with E-state index in [0.717, 1.165) is 44.5 Å². The van der Waals surface area contributed by atoms with Gasteiger partial charge in [-0.25, -0.2) is 4.79 Å². The molecule has 0 radical (unpaired) electrons. The van der Waals surface area contributed by atoms with E-state index in [4.69, 9.17) is 16.3 Å². The molecule has 1 spiro atoms. The van der Waals surface area contributed by atoms with Gasteiger partial charge in [0.15, 0.2) is 0 Å². The fraction of sp³-hybridized carbons (Fsp3) is 0.174. The summed E-state index contributed by atoms with van der Waals surface area (Å²) < 4.78 is 5.10. The van der Waals surface area contributed by atoms with Crippen molar-refractivity contribution in [2.75, 3.05) is 25.6 Å². The Labute approximate surface area is 172 Å². The third-order valence-electron chi connectivity index (χ3n) is 6.40. The highest BCUT2D eigenvalue weighted by molar-refractivity contribution is 6.30. The van der Waals surface area contributed by atoms with Crippen LogP contribution in [0.15, 0.2) is 48.7 Å². The van der Waals surface area contributed by atoms with Crippen LogP contribution >= 0.6 is 11.6 Å². The molecule has 0 bridgehead atoms. The van der Waals surface area contributed by atoms with Crippen molar-refractivity contribution in [2.45, 2.75) is 5.41 Å². The topological polar surface area (TPSA) is 61.1 Å². The number of halogens is 1. The minimum absolute atomic E-state index is 0.363. The highest BCUT2D eigenvalue weighted by atomic mass is 35.5. The largest absolute Gasteiger partial charge is 0.464 e. The van der Waals surface area contributed by atoms with E-state index in [1.54, 1.807) is 0 Å². The number of ether oxygens (including phenoxy) is 1. The van der Waals surface area contributed by atoms with Crippen LogP contribution in [0.25, 0.3) is 22.0 Å². The van der Waals surface area contributed by atoms with Crippen molar-refractivity contribution in [3.8, 4) is 11.1 Å². The maximum absolute atomic E-state index is 12.7. The zero-order valence-corrected chi connectivity index (χ0v) is 16.7. The van der Waals surface area contributed by atoms with Crippen molar-refractivity contribution in [2.24, 2.45) is 0 Å². The molecule has 2 aromatic heterocycles. The number of H-pyrrole nitrogens is 2. The van der Waals surface area contributed by atoms with Gasteiger partial charge in [0.2, 0.25) is 0 Å². The number of carbonyl (C=O) groups is 1. The van der Waals surface area contributed by atoms with E-state index in [1.165, 1.54) is 7.11 Å². The predicted molar refractivity (Wildman–Crippen MR) is 114 cm³/mol. The fourth-order valence-electron chi connectivity index (χ4n) is 5.33. The number of nitrogens with zero attached hydrogens (tertiary/aromatic N) is 1. The highest BCUT2D eigenvalue weighted by Gasteiger charge is 2.55. The molecule has 0 amide bonds. The van der Waals surface area contributed by atoms with Crippen molar-refractivity contribution in [3.05, 3.63) is 76.2 Å². The number of anilines is 1. The monoisotopic (exact) mass is 403 g/mol. The Morgan fingerprint density at radius 2 is 2.07 bits per heavy atom. The molecule has 0 saturated carbocycles. The molecule has 2 aromatic carbocycles. The average molecular weight is 404 g/mol. The molecule has 1 aliphatic heterocycles. The third kappa shape index (κ3) is 1.88. The molecule has 4 aromatic rings. The highest BCUT2D eigenvalue weighted by Crippen LogP contribution is 2.60. The summed E-state index contributed by atoms with van der Waals surface area (Å²) in [5, 5.41) is 1.83. The van der Waals surface area contributed by atoms with Gasteiger partial charge in [-0.3, -0.25) is 0 Å². The standard InChI is InChI=1S/C23H18ClN3O2/c1-27-11-23(15-9-12(24)7-8-17(15)27)19-14(10-25-20(19)22(28)29-2)18-13-5-3-4-6-16(13)26-21(18)23/h3-10,25-26H,11H2,1-2H3/t23-/m0/s1. The molecule has 0 unspecified atom stereocenters. The number of esters is 1. The summed E-state index contributed by atoms with van der Waals surface area (Å²) in [7, 11) is 3.49. The van der Waals surface area contributed by atoms with Crippen molar-refractivity contribution >= 4 is 34.2 Å². The lowest BCUT2D eigenvalue weighted by Gasteiger charge is -2.27. The maximum atomic E-state index is 12.7. The molecule has 2 N–H and O–H groups in total. The minimum atomic E-state index is -0.526. The van der Waals surface area contributed by atoms with Gasteiger partial charge in [-0.15, -0.1) is 0 Å². The second kappa shape index (κ2) is 5.45. The molecular weight excluding hydrogens is 386 g/mol. The first-order valence-electron chi connectivity index (χ1n) is 9.49. The van der Waals surface area contributed by atoms with E-state index in [0.29, 0.717) is 17.3 Å². The number of methoxy groups -OCH3 is 1. The molecule has 1 aliphatic carbocycles. The number of para-hydroxylation sites is 1. The molecule has 6 rings (SSSR count). The molecule has 3 heterocycles. The first-order valence-corrected chi connectivity index (χ1v) is 9.87. The Morgan fingerprint density at radius 1 is 1.24 bits per heavy atom. The van der Waals surface area contributed by atoms with Gasteiger partial charge in [0.1, 0.15) is 5.69 Å². The SMILES string of the molecule is COC(=O)c1[nH]cc2c1[C@@]1(CN(C)c3ccc(Cl)cc31)c1[nH]c3ccccc3c1-2. The lowest BCUT2D eigenvalue weighted by molar-refractivity contribution is 0.0592. The van der Waals surface area contributed by atoms with E-state index in [9.17, 15) is 4.79 Å². The van der Waals surface area contributed by atoms with E-state index in [-0.39, 0.29) is 5.97 Å². The normalized spacial score (nSPS) is 18.9. The Bertz CT molecular complexity index is 1340. The average Bonchev–Trinajstić information content (AvgIpc) is 3.43. The number of aromatic amines is 2. The summed E-state index contributed by atoms with van der Waals surface area (Å²) in [5.41, 5.74) is 7.52. The summed E-state index contributed by atoms with van der Waals surface area (Å²) in [6.45, 7) is 0.706. The van der Waals surface area contributed by atoms with E-state index >= 15 is 0 Å². The molecule has 144 valence electrons. The van der Waals surface area contributed by atoms with Crippen LogP contribution in [0, 0.1) is 0 Å². The zero-order chi connectivity index (χ0) is 19.9. The molecule has 6 heteroatoms. The van der Waals surface area contributed by atoms with Crippen LogP contribution in [0.1, 0.15) is 27.3 Å². The molecule has 1 atom stereocenters. The summed E-state index contributed by atoms with van der Waals surface area (Å²) in [4.78, 5) is 21.8. The molecular formula is C23H18ClN3O2. The van der Waals surface area contributed by atoms with Crippen LogP contribution in [-0.2, 0) is 10.2 Å². The summed E-state index contributed by atoms with van der Waals surface area (Å²) in [6.07, 6.45) is 1.93. The number of nitrogens with one attached hydrogen (secondary N) is 2. The predicted octanol–water partition coefficient (Wildman–Crippen LogP) is 4.70. The number of hydrogen-bond acceptors (Lipinski definition) is 3. The van der Waals surface area contributed by atoms with Gasteiger partial charge in [-0.1, -0.05) is 29.8 Å². The number of fused-ring (bicyclic) bond motifs is 9. The summed E-state index contributed by atoms with van der Waals surface area (Å²) in [5.74, 6) is -0.363. The lowest BCUT2D eigenvalue weighted by atomic mass is 9.76. The second-order valence-corrected chi connectivity index (χ2v) is 8.22. The van der Waals surface area contributed by atoms with Crippen LogP contribution in [0.3, 0.4) is 0 Å². The smallest absolute Gasteiger partial charge is 0.354 e. The van der Waals surface area contributed by atoms with Crippen LogP contribution in [-0.4, -0.2) is 36.6 Å². The second-order valence-electron chi connectivity index (χ2n) is 7.79. The molecule has 5 nitrogen and oxygen atoms in total. The van der Waals surface area contributed by atoms with E-state index in [1.807, 2.05) is 30.5 Å². The molecule has 0 fully saturated rings. The summed E-state index contributed by atoms with van der Waals surface area (Å²) >= 11 is 6.44. The van der Waals surface area contributed by atoms with Gasteiger partial charge >= 0.3 is 5.97 Å². The van der Waals surface area contributed by atoms with Gasteiger partial charge in [0, 0.05) is 63.8 Å². The van der Waals surface area contributed by atoms with Crippen molar-refractivity contribution < 1.29 is 9.53 Å². The Hall–Kier alpha value is -3.18. The first kappa shape index (κ1) is 16.7. The number of aromatic nitrogens is 2. The van der Waals surface area contributed by atoms with Gasteiger partial charge in [0.05, 0.1) is 12.5 Å². The number of hydrogen-bond donors (Lipinski definition) is 2. The van der Waals surface area contributed by atoms with Crippen LogP contribution in [0.4, 0.5) is 5.69 Å². The third-order valence-corrected chi connectivity index (χ3v) is 6.64. The molecule has 29 heavy (non-hydrogen) atoms. The zero-order valence-electron chi connectivity index (χ0n) is 16.0. The first-order chi connectivity index (χ1) is 14.1. The Balaban J connectivity index is 1.79. The van der Waals surface area contributed by atoms with Gasteiger partial charge in [-0.2, -0.15) is 0 Å². The number of likely N-dealkylation sites (N-methyl/N-ethyl adjacent to an activating group) is 1. The van der Waals surface area contributed by atoms with E-state index < -0.39 is 5.41 Å². The number of benzene rings is 2. The quantitative estimate of drug-likeness (QED) is 0.453. The van der Waals surface area contributed by atoms with Crippen molar-refractivity contribution in [3.63, 3.8) is 0 Å². The van der Waals surface area contributed by atoms with Crippen molar-refractivity contribution in [1.29, 1.82) is 0 Å². The number of carbonyl (C=O) groups excluding carboxylic acids is 1. The fourth-order valence-corrected chi connectivity index (χ4v) is 5.50. The van der Waals surface area contributed by atoms with E-state index in [2.05, 4.69) is 40.1 Å². The van der Waals surface area contributed by atoms with Gasteiger partial charge in [-0.05, 0) is 29.8 Å². The van der Waals surface area contributed by atoms with Crippen LogP contribution in [0.2, 0.25) is 5.02 Å². The van der Waals surface area contributed by atoms with Crippen LogP contribution in [0.5, 0.6) is 0 Å². The maximum Gasteiger partial charge on any atom is 0.354 e. The summed E-state index contributed by atoms with van der Waals surface area (Å²) in [6, 6.07) is 14.3. The molecule has 0 saturated heterocycles. The van der Waals surface area contributed by atoms with Crippen molar-refractivity contribution in [1.82, 2.24) is 9.97 Å². The van der Waals surface area contributed by atoms with Crippen LogP contribution < -0.4 is 4.90 Å². The lowest BCUT2D eigenvalue weighted by Crippen LogP contribution is -2.34. The van der Waals surface area contributed by atoms with Gasteiger partial charge in [0.25, 0.3) is 0 Å². The Morgan fingerprint density at radius 3 is 2.90 bits per heavy atom.